The summed E-state index contributed by atoms with van der Waals surface area (Å²) in [6.07, 6.45) is 1.61. The molecule has 2 aromatic carbocycles. The lowest BCUT2D eigenvalue weighted by atomic mass is 9.95. The van der Waals surface area contributed by atoms with Crippen LogP contribution in [0.4, 0.5) is 8.78 Å². The molecule has 3 rings (SSSR count). The monoisotopic (exact) mass is 315 g/mol. The number of benzene rings is 2. The predicted molar refractivity (Wildman–Crippen MR) is 84.8 cm³/mol. The van der Waals surface area contributed by atoms with Crippen LogP contribution >= 0.6 is 11.6 Å². The third-order valence-corrected chi connectivity index (χ3v) is 3.83. The Labute approximate surface area is 132 Å². The van der Waals surface area contributed by atoms with Gasteiger partial charge in [-0.1, -0.05) is 35.9 Å². The molecule has 1 nitrogen and oxygen atoms in total. The summed E-state index contributed by atoms with van der Waals surface area (Å²) in [6, 6.07) is 12.4. The van der Waals surface area contributed by atoms with Gasteiger partial charge in [0.25, 0.3) is 0 Å². The van der Waals surface area contributed by atoms with Gasteiger partial charge in [-0.2, -0.15) is 0 Å². The van der Waals surface area contributed by atoms with Crippen LogP contribution < -0.4 is 0 Å². The van der Waals surface area contributed by atoms with Crippen molar-refractivity contribution in [2.24, 2.45) is 0 Å². The van der Waals surface area contributed by atoms with E-state index < -0.39 is 0 Å². The topological polar surface area (TPSA) is 12.9 Å². The first kappa shape index (κ1) is 14.7. The van der Waals surface area contributed by atoms with Gasteiger partial charge < -0.3 is 0 Å². The molecule has 0 amide bonds. The van der Waals surface area contributed by atoms with Crippen LogP contribution in [-0.2, 0) is 0 Å². The normalized spacial score (nSPS) is 10.7. The molecule has 3 aromatic rings. The number of halogens is 3. The maximum Gasteiger partial charge on any atom is 0.137 e. The molecule has 0 bridgehead atoms. The van der Waals surface area contributed by atoms with Crippen LogP contribution in [0.25, 0.3) is 22.3 Å². The number of rotatable bonds is 2. The van der Waals surface area contributed by atoms with Gasteiger partial charge in [-0.25, -0.2) is 13.8 Å². The Morgan fingerprint density at radius 1 is 0.909 bits per heavy atom. The van der Waals surface area contributed by atoms with E-state index in [4.69, 9.17) is 11.6 Å². The Balaban J connectivity index is 2.22. The Morgan fingerprint density at radius 2 is 1.50 bits per heavy atom. The fraction of sp³-hybridized carbons (Fsp3) is 0.0556. The number of aromatic nitrogens is 1. The second-order valence-corrected chi connectivity index (χ2v) is 5.34. The predicted octanol–water partition coefficient (Wildman–Crippen LogP) is 5.66. The average Bonchev–Trinajstić information content (AvgIpc) is 2.47. The van der Waals surface area contributed by atoms with Gasteiger partial charge in [0.05, 0.1) is 0 Å². The van der Waals surface area contributed by atoms with Crippen LogP contribution in [0.3, 0.4) is 0 Å². The van der Waals surface area contributed by atoms with Gasteiger partial charge in [0.15, 0.2) is 0 Å². The summed E-state index contributed by atoms with van der Waals surface area (Å²) in [7, 11) is 0. The molecule has 0 aliphatic rings. The molecule has 1 aromatic heterocycles. The van der Waals surface area contributed by atoms with E-state index in [0.717, 1.165) is 11.1 Å². The third-order valence-electron chi connectivity index (χ3n) is 3.54. The molecule has 1 heterocycles. The van der Waals surface area contributed by atoms with Crippen molar-refractivity contribution in [2.45, 2.75) is 6.92 Å². The molecule has 0 spiro atoms. The van der Waals surface area contributed by atoms with Crippen LogP contribution in [-0.4, -0.2) is 4.98 Å². The molecule has 0 aliphatic heterocycles. The molecule has 0 aliphatic carbocycles. The largest absolute Gasteiger partial charge is 0.243 e. The molecular weight excluding hydrogens is 304 g/mol. The van der Waals surface area contributed by atoms with Gasteiger partial charge in [-0.15, -0.1) is 0 Å². The Bertz CT molecular complexity index is 846. The van der Waals surface area contributed by atoms with Gasteiger partial charge in [-0.3, -0.25) is 0 Å². The van der Waals surface area contributed by atoms with Crippen molar-refractivity contribution in [3.63, 3.8) is 0 Å². The van der Waals surface area contributed by atoms with Crippen molar-refractivity contribution < 1.29 is 8.78 Å². The number of hydrogen-bond donors (Lipinski definition) is 0. The third kappa shape index (κ3) is 2.72. The molecule has 22 heavy (non-hydrogen) atoms. The van der Waals surface area contributed by atoms with E-state index in [1.54, 1.807) is 30.5 Å². The van der Waals surface area contributed by atoms with Crippen LogP contribution in [0.15, 0.2) is 54.7 Å². The summed E-state index contributed by atoms with van der Waals surface area (Å²) in [6.45, 7) is 1.87. The van der Waals surface area contributed by atoms with Crippen LogP contribution in [0.2, 0.25) is 5.15 Å². The van der Waals surface area contributed by atoms with Gasteiger partial charge in [0.1, 0.15) is 16.8 Å². The Morgan fingerprint density at radius 3 is 2.14 bits per heavy atom. The van der Waals surface area contributed by atoms with E-state index in [-0.39, 0.29) is 11.6 Å². The first-order valence-electron chi connectivity index (χ1n) is 6.73. The zero-order chi connectivity index (χ0) is 15.7. The average molecular weight is 316 g/mol. The zero-order valence-electron chi connectivity index (χ0n) is 11.8. The first-order valence-corrected chi connectivity index (χ1v) is 7.11. The lowest BCUT2D eigenvalue weighted by Crippen LogP contribution is -1.94. The molecular formula is C18H12ClF2N. The standard InChI is InChI=1S/C18H12ClF2N/c1-11-16(12-4-2-6-14(20)8-12)10-22-18(19)17(11)13-5-3-7-15(21)9-13/h2-10H,1H3. The second kappa shape index (κ2) is 5.85. The number of hydrogen-bond acceptors (Lipinski definition) is 1. The van der Waals surface area contributed by atoms with Gasteiger partial charge in [0.2, 0.25) is 0 Å². The summed E-state index contributed by atoms with van der Waals surface area (Å²) in [5.74, 6) is -0.664. The Hall–Kier alpha value is -2.26. The summed E-state index contributed by atoms with van der Waals surface area (Å²) >= 11 is 6.20. The maximum atomic E-state index is 13.5. The minimum absolute atomic E-state index is 0.295. The molecule has 4 heteroatoms. The summed E-state index contributed by atoms with van der Waals surface area (Å²) in [5.41, 5.74) is 3.61. The van der Waals surface area contributed by atoms with E-state index in [1.165, 1.54) is 24.3 Å². The highest BCUT2D eigenvalue weighted by molar-refractivity contribution is 6.32. The van der Waals surface area contributed by atoms with Crippen LogP contribution in [0.1, 0.15) is 5.56 Å². The van der Waals surface area contributed by atoms with Crippen molar-refractivity contribution in [1.29, 1.82) is 0 Å². The second-order valence-electron chi connectivity index (χ2n) is 4.98. The molecule has 110 valence electrons. The van der Waals surface area contributed by atoms with E-state index >= 15 is 0 Å². The molecule has 0 atom stereocenters. The minimum atomic E-state index is -0.343. The zero-order valence-corrected chi connectivity index (χ0v) is 12.5. The van der Waals surface area contributed by atoms with Crippen molar-refractivity contribution in [2.75, 3.05) is 0 Å². The lowest BCUT2D eigenvalue weighted by Gasteiger charge is -2.13. The lowest BCUT2D eigenvalue weighted by molar-refractivity contribution is 0.628. The van der Waals surface area contributed by atoms with E-state index in [0.29, 0.717) is 21.8 Å². The highest BCUT2D eigenvalue weighted by Gasteiger charge is 2.14. The smallest absolute Gasteiger partial charge is 0.137 e. The van der Waals surface area contributed by atoms with Crippen molar-refractivity contribution in [3.8, 4) is 22.3 Å². The Kier molecular flexibility index (Phi) is 3.90. The highest BCUT2D eigenvalue weighted by atomic mass is 35.5. The molecule has 0 saturated carbocycles. The maximum absolute atomic E-state index is 13.5. The van der Waals surface area contributed by atoms with E-state index in [2.05, 4.69) is 4.98 Å². The van der Waals surface area contributed by atoms with Gasteiger partial charge >= 0.3 is 0 Å². The summed E-state index contributed by atoms with van der Waals surface area (Å²) in [5, 5.41) is 0.295. The van der Waals surface area contributed by atoms with Gasteiger partial charge in [-0.05, 0) is 47.9 Å². The van der Waals surface area contributed by atoms with Crippen molar-refractivity contribution in [1.82, 2.24) is 4.98 Å². The summed E-state index contributed by atoms with van der Waals surface area (Å²) < 4.78 is 26.9. The first-order chi connectivity index (χ1) is 10.6. The van der Waals surface area contributed by atoms with E-state index in [1.807, 2.05) is 6.92 Å². The summed E-state index contributed by atoms with van der Waals surface area (Å²) in [4.78, 5) is 4.17. The van der Waals surface area contributed by atoms with E-state index in [9.17, 15) is 8.78 Å². The van der Waals surface area contributed by atoms with Crippen molar-refractivity contribution >= 4 is 11.6 Å². The van der Waals surface area contributed by atoms with Crippen molar-refractivity contribution in [3.05, 3.63) is 77.1 Å². The highest BCUT2D eigenvalue weighted by Crippen LogP contribution is 2.35. The SMILES string of the molecule is Cc1c(-c2cccc(F)c2)cnc(Cl)c1-c1cccc(F)c1. The minimum Gasteiger partial charge on any atom is -0.243 e. The molecule has 0 fully saturated rings. The van der Waals surface area contributed by atoms with Crippen LogP contribution in [0, 0.1) is 18.6 Å². The fourth-order valence-electron chi connectivity index (χ4n) is 2.50. The number of pyridine rings is 1. The molecule has 0 saturated heterocycles. The quantitative estimate of drug-likeness (QED) is 0.556. The van der Waals surface area contributed by atoms with Gasteiger partial charge in [0, 0.05) is 17.3 Å². The molecule has 0 radical (unpaired) electrons. The molecule has 0 N–H and O–H groups in total. The number of nitrogens with zero attached hydrogens (tertiary/aromatic N) is 1. The van der Waals surface area contributed by atoms with Crippen LogP contribution in [0.5, 0.6) is 0 Å². The molecule has 0 unspecified atom stereocenters. The fourth-order valence-corrected chi connectivity index (χ4v) is 2.80.